The van der Waals surface area contributed by atoms with Crippen LogP contribution in [0.15, 0.2) is 35.1 Å². The van der Waals surface area contributed by atoms with Crippen molar-refractivity contribution in [3.8, 4) is 11.4 Å². The molecule has 1 aromatic carbocycles. The third kappa shape index (κ3) is 3.82. The Kier molecular flexibility index (Phi) is 5.61. The third-order valence-electron chi connectivity index (χ3n) is 3.32. The maximum atomic E-state index is 12.3. The molecular formula is C16H18N2O5. The lowest BCUT2D eigenvalue weighted by atomic mass is 10.1. The summed E-state index contributed by atoms with van der Waals surface area (Å²) in [5.74, 6) is -0.386. The molecule has 0 amide bonds. The van der Waals surface area contributed by atoms with E-state index in [4.69, 9.17) is 9.47 Å². The van der Waals surface area contributed by atoms with Crippen molar-refractivity contribution in [2.75, 3.05) is 21.3 Å². The second-order valence-electron chi connectivity index (χ2n) is 4.70. The van der Waals surface area contributed by atoms with Gasteiger partial charge in [-0.15, -0.1) is 0 Å². The van der Waals surface area contributed by atoms with Gasteiger partial charge < -0.3 is 19.2 Å². The summed E-state index contributed by atoms with van der Waals surface area (Å²) in [7, 11) is 4.15. The number of esters is 1. The van der Waals surface area contributed by atoms with Gasteiger partial charge >= 0.3 is 5.97 Å². The minimum absolute atomic E-state index is 0.140. The SMILES string of the molecule is COC(=O)c1c(CC(OC)OC)nc(-c2ccccc2)[nH]c1=O. The van der Waals surface area contributed by atoms with Crippen molar-refractivity contribution < 1.29 is 19.0 Å². The predicted octanol–water partition coefficient (Wildman–Crippen LogP) is 1.38. The molecule has 1 heterocycles. The normalized spacial score (nSPS) is 10.8. The quantitative estimate of drug-likeness (QED) is 0.639. The van der Waals surface area contributed by atoms with E-state index in [-0.39, 0.29) is 17.7 Å². The van der Waals surface area contributed by atoms with E-state index in [1.165, 1.54) is 21.3 Å². The van der Waals surface area contributed by atoms with E-state index in [0.717, 1.165) is 5.56 Å². The maximum Gasteiger partial charge on any atom is 0.345 e. The zero-order valence-electron chi connectivity index (χ0n) is 13.2. The summed E-state index contributed by atoms with van der Waals surface area (Å²) in [6, 6.07) is 9.14. The van der Waals surface area contributed by atoms with Crippen LogP contribution in [0, 0.1) is 0 Å². The number of carbonyl (C=O) groups is 1. The Hall–Kier alpha value is -2.51. The van der Waals surface area contributed by atoms with Crippen LogP contribution in [0.1, 0.15) is 16.1 Å². The standard InChI is InChI=1S/C16H18N2O5/c1-21-12(22-2)9-11-13(16(20)23-3)15(19)18-14(17-11)10-7-5-4-6-8-10/h4-8,12H,9H2,1-3H3,(H,17,18,19). The Morgan fingerprint density at radius 3 is 2.39 bits per heavy atom. The summed E-state index contributed by atoms with van der Waals surface area (Å²) in [6.07, 6.45) is -0.488. The summed E-state index contributed by atoms with van der Waals surface area (Å²) in [5, 5.41) is 0. The highest BCUT2D eigenvalue weighted by molar-refractivity contribution is 5.90. The van der Waals surface area contributed by atoms with Crippen molar-refractivity contribution in [1.29, 1.82) is 0 Å². The highest BCUT2D eigenvalue weighted by Gasteiger charge is 2.22. The Bertz CT molecular complexity index is 723. The molecule has 0 spiro atoms. The van der Waals surface area contributed by atoms with E-state index in [0.29, 0.717) is 5.82 Å². The number of methoxy groups -OCH3 is 3. The first kappa shape index (κ1) is 16.9. The van der Waals surface area contributed by atoms with Crippen molar-refractivity contribution in [3.05, 3.63) is 51.9 Å². The van der Waals surface area contributed by atoms with Gasteiger partial charge in [-0.25, -0.2) is 9.78 Å². The highest BCUT2D eigenvalue weighted by Crippen LogP contribution is 2.16. The molecule has 0 unspecified atom stereocenters. The van der Waals surface area contributed by atoms with Crippen LogP contribution in [0.4, 0.5) is 0 Å². The topological polar surface area (TPSA) is 90.5 Å². The van der Waals surface area contributed by atoms with Crippen LogP contribution in [-0.2, 0) is 20.6 Å². The van der Waals surface area contributed by atoms with E-state index in [9.17, 15) is 9.59 Å². The van der Waals surface area contributed by atoms with E-state index in [1.54, 1.807) is 0 Å². The molecule has 0 atom stereocenters. The fourth-order valence-corrected chi connectivity index (χ4v) is 2.13. The first-order valence-corrected chi connectivity index (χ1v) is 6.93. The number of rotatable bonds is 6. The van der Waals surface area contributed by atoms with Gasteiger partial charge in [-0.3, -0.25) is 4.79 Å². The second-order valence-corrected chi connectivity index (χ2v) is 4.70. The number of H-pyrrole nitrogens is 1. The number of ether oxygens (including phenoxy) is 3. The van der Waals surface area contributed by atoms with Gasteiger partial charge in [-0.05, 0) is 0 Å². The molecule has 0 aliphatic heterocycles. The molecule has 2 rings (SSSR count). The van der Waals surface area contributed by atoms with Crippen LogP contribution in [-0.4, -0.2) is 43.6 Å². The lowest BCUT2D eigenvalue weighted by Crippen LogP contribution is -2.27. The van der Waals surface area contributed by atoms with Gasteiger partial charge in [-0.1, -0.05) is 30.3 Å². The number of hydrogen-bond donors (Lipinski definition) is 1. The molecule has 7 nitrogen and oxygen atoms in total. The van der Waals surface area contributed by atoms with E-state index < -0.39 is 17.8 Å². The van der Waals surface area contributed by atoms with Crippen molar-refractivity contribution in [1.82, 2.24) is 9.97 Å². The molecule has 0 aliphatic carbocycles. The molecule has 0 saturated carbocycles. The highest BCUT2D eigenvalue weighted by atomic mass is 16.7. The van der Waals surface area contributed by atoms with Gasteiger partial charge in [0.1, 0.15) is 11.4 Å². The number of nitrogens with zero attached hydrogens (tertiary/aromatic N) is 1. The van der Waals surface area contributed by atoms with Gasteiger partial charge in [0, 0.05) is 26.2 Å². The second kappa shape index (κ2) is 7.66. The summed E-state index contributed by atoms with van der Waals surface area (Å²) < 4.78 is 14.9. The molecule has 0 aliphatic rings. The Morgan fingerprint density at radius 1 is 1.17 bits per heavy atom. The number of carbonyl (C=O) groups excluding carboxylic acids is 1. The van der Waals surface area contributed by atoms with Crippen LogP contribution in [0.3, 0.4) is 0 Å². The molecule has 1 N–H and O–H groups in total. The summed E-state index contributed by atoms with van der Waals surface area (Å²) >= 11 is 0. The average Bonchev–Trinajstić information content (AvgIpc) is 2.59. The Balaban J connectivity index is 2.56. The number of aromatic nitrogens is 2. The van der Waals surface area contributed by atoms with Gasteiger partial charge in [0.25, 0.3) is 5.56 Å². The van der Waals surface area contributed by atoms with E-state index in [2.05, 4.69) is 14.7 Å². The third-order valence-corrected chi connectivity index (χ3v) is 3.32. The minimum Gasteiger partial charge on any atom is -0.465 e. The van der Waals surface area contributed by atoms with Crippen LogP contribution in [0.2, 0.25) is 0 Å². The van der Waals surface area contributed by atoms with Gasteiger partial charge in [0.2, 0.25) is 0 Å². The van der Waals surface area contributed by atoms with Crippen LogP contribution >= 0.6 is 0 Å². The number of benzene rings is 1. The molecule has 0 saturated heterocycles. The largest absolute Gasteiger partial charge is 0.465 e. The van der Waals surface area contributed by atoms with Crippen LogP contribution in [0.25, 0.3) is 11.4 Å². The van der Waals surface area contributed by atoms with Crippen LogP contribution in [0.5, 0.6) is 0 Å². The van der Waals surface area contributed by atoms with Crippen molar-refractivity contribution in [3.63, 3.8) is 0 Å². The maximum absolute atomic E-state index is 12.3. The molecular weight excluding hydrogens is 300 g/mol. The molecule has 1 aromatic heterocycles. The fraction of sp³-hybridized carbons (Fsp3) is 0.312. The molecule has 0 fully saturated rings. The molecule has 0 bridgehead atoms. The van der Waals surface area contributed by atoms with Crippen molar-refractivity contribution >= 4 is 5.97 Å². The van der Waals surface area contributed by atoms with E-state index >= 15 is 0 Å². The molecule has 23 heavy (non-hydrogen) atoms. The lowest BCUT2D eigenvalue weighted by molar-refractivity contribution is -0.101. The zero-order valence-corrected chi connectivity index (χ0v) is 13.2. The van der Waals surface area contributed by atoms with Crippen molar-refractivity contribution in [2.24, 2.45) is 0 Å². The first-order valence-electron chi connectivity index (χ1n) is 6.93. The van der Waals surface area contributed by atoms with E-state index in [1.807, 2.05) is 30.3 Å². The predicted molar refractivity (Wildman–Crippen MR) is 83.1 cm³/mol. The molecule has 2 aromatic rings. The number of aromatic amines is 1. The van der Waals surface area contributed by atoms with Gasteiger partial charge in [0.15, 0.2) is 6.29 Å². The lowest BCUT2D eigenvalue weighted by Gasteiger charge is -2.15. The minimum atomic E-state index is -0.751. The average molecular weight is 318 g/mol. The summed E-state index contributed by atoms with van der Waals surface area (Å²) in [6.45, 7) is 0. The fourth-order valence-electron chi connectivity index (χ4n) is 2.13. The number of nitrogens with one attached hydrogen (secondary N) is 1. The zero-order chi connectivity index (χ0) is 16.8. The number of hydrogen-bond acceptors (Lipinski definition) is 6. The van der Waals surface area contributed by atoms with Crippen molar-refractivity contribution in [2.45, 2.75) is 12.7 Å². The molecule has 0 radical (unpaired) electrons. The smallest absolute Gasteiger partial charge is 0.345 e. The first-order chi connectivity index (χ1) is 11.1. The summed E-state index contributed by atoms with van der Waals surface area (Å²) in [5.41, 5.74) is 0.278. The van der Waals surface area contributed by atoms with Crippen LogP contribution < -0.4 is 5.56 Å². The van der Waals surface area contributed by atoms with Gasteiger partial charge in [0.05, 0.1) is 12.8 Å². The monoisotopic (exact) mass is 318 g/mol. The molecule has 122 valence electrons. The Morgan fingerprint density at radius 2 is 1.83 bits per heavy atom. The molecule has 7 heteroatoms. The Labute approximate surface area is 133 Å². The van der Waals surface area contributed by atoms with Gasteiger partial charge in [-0.2, -0.15) is 0 Å². The summed E-state index contributed by atoms with van der Waals surface area (Å²) in [4.78, 5) is 31.2.